The molecule has 15 nitrogen and oxygen atoms in total. The van der Waals surface area contributed by atoms with Crippen molar-refractivity contribution in [3.8, 4) is 0 Å². The minimum atomic E-state index is -2.51. The maximum absolute atomic E-state index is 16.3. The molecule has 338 valence electrons. The van der Waals surface area contributed by atoms with Gasteiger partial charge in [0.2, 0.25) is 0 Å². The van der Waals surface area contributed by atoms with Gasteiger partial charge >= 0.3 is 12.2 Å². The molecule has 4 unspecified atom stereocenters. The molecule has 4 fully saturated rings. The lowest BCUT2D eigenvalue weighted by atomic mass is 9.75. The van der Waals surface area contributed by atoms with Crippen LogP contribution in [0.3, 0.4) is 0 Å². The first kappa shape index (κ1) is 43.1. The van der Waals surface area contributed by atoms with E-state index in [0.717, 1.165) is 11.1 Å². The third-order valence-electron chi connectivity index (χ3n) is 15.9. The number of fused-ring (bicyclic) bond motifs is 4. The number of carbonyl (C=O) groups is 6. The SMILES string of the molecule is Cc1c(F)ccc(N(C23c4ccc(cc4)CC2CCN3C(=O)[C@@](OC(N)=O)(C(N)=O)C2CCCC2)C23c4ccc(cc4)CC2CCN3C(=O)[C@@](OC(N)=O)(C(N)=O)C2CCCC2)c1C. The van der Waals surface area contributed by atoms with Crippen LogP contribution < -0.4 is 27.8 Å². The first-order chi connectivity index (χ1) is 30.6. The van der Waals surface area contributed by atoms with Crippen LogP contribution in [0.15, 0.2) is 60.7 Å². The van der Waals surface area contributed by atoms with Crippen molar-refractivity contribution < 1.29 is 42.6 Å². The number of carbonyl (C=O) groups excluding carboxylic acids is 6. The molecule has 6 atom stereocenters. The summed E-state index contributed by atoms with van der Waals surface area (Å²) in [6.07, 6.45) is 2.95. The van der Waals surface area contributed by atoms with Gasteiger partial charge in [-0.3, -0.25) is 19.2 Å². The lowest BCUT2D eigenvalue weighted by Gasteiger charge is -2.62. The molecule has 2 saturated carbocycles. The van der Waals surface area contributed by atoms with E-state index in [2.05, 4.69) is 4.90 Å². The Balaban J connectivity index is 1.41. The van der Waals surface area contributed by atoms with E-state index in [1.807, 2.05) is 48.5 Å². The van der Waals surface area contributed by atoms with Crippen molar-refractivity contribution in [3.05, 3.63) is 99.9 Å². The number of nitrogens with two attached hydrogens (primary N) is 4. The van der Waals surface area contributed by atoms with Gasteiger partial charge in [0.1, 0.15) is 17.1 Å². The van der Waals surface area contributed by atoms with Crippen LogP contribution in [-0.2, 0) is 52.8 Å². The molecule has 0 aromatic heterocycles. The second-order valence-corrected chi connectivity index (χ2v) is 18.8. The maximum Gasteiger partial charge on any atom is 0.406 e. The number of hydrogen-bond acceptors (Lipinski definition) is 9. The van der Waals surface area contributed by atoms with Crippen molar-refractivity contribution in [1.29, 1.82) is 0 Å². The Morgan fingerprint density at radius 2 is 0.984 bits per heavy atom. The summed E-state index contributed by atoms with van der Waals surface area (Å²) in [7, 11) is 0. The second-order valence-electron chi connectivity index (χ2n) is 18.8. The molecule has 0 spiro atoms. The third kappa shape index (κ3) is 5.88. The van der Waals surface area contributed by atoms with E-state index in [-0.39, 0.29) is 13.1 Å². The van der Waals surface area contributed by atoms with Gasteiger partial charge in [0.05, 0.1) is 0 Å². The highest BCUT2D eigenvalue weighted by atomic mass is 19.1. The van der Waals surface area contributed by atoms with Crippen molar-refractivity contribution in [3.63, 3.8) is 0 Å². The minimum absolute atomic E-state index is 0.0483. The van der Waals surface area contributed by atoms with E-state index >= 15 is 14.0 Å². The van der Waals surface area contributed by atoms with E-state index in [1.54, 1.807) is 29.7 Å². The Kier molecular flexibility index (Phi) is 10.4. The topological polar surface area (TPSA) is 235 Å². The van der Waals surface area contributed by atoms with Gasteiger partial charge in [-0.1, -0.05) is 74.2 Å². The zero-order valence-electron chi connectivity index (χ0n) is 36.3. The predicted molar refractivity (Wildman–Crippen MR) is 231 cm³/mol. The third-order valence-corrected chi connectivity index (χ3v) is 15.9. The van der Waals surface area contributed by atoms with Gasteiger partial charge in [-0.15, -0.1) is 0 Å². The van der Waals surface area contributed by atoms with Crippen molar-refractivity contribution >= 4 is 41.5 Å². The molecule has 16 heteroatoms. The number of ether oxygens (including phenoxy) is 2. The molecule has 4 bridgehead atoms. The lowest BCUT2D eigenvalue weighted by molar-refractivity contribution is -0.174. The van der Waals surface area contributed by atoms with Crippen LogP contribution in [0.5, 0.6) is 0 Å². The molecule has 3 aromatic carbocycles. The highest BCUT2D eigenvalue weighted by molar-refractivity contribution is 6.11. The number of halogens is 1. The first-order valence-corrected chi connectivity index (χ1v) is 22.5. The number of primary amides is 4. The highest BCUT2D eigenvalue weighted by Crippen LogP contribution is 2.62. The molecule has 0 radical (unpaired) electrons. The van der Waals surface area contributed by atoms with E-state index in [0.29, 0.717) is 105 Å². The molecule has 3 aromatic rings. The minimum Gasteiger partial charge on any atom is -0.422 e. The molecule has 6 aliphatic carbocycles. The number of likely N-dealkylation sites (tertiary alicyclic amines) is 2. The van der Waals surface area contributed by atoms with E-state index in [4.69, 9.17) is 32.4 Å². The standard InChI is InChI=1S/C48H56FN7O8/c1-27-28(2)38(20-19-37(27)49)56(47-33-15-11-29(12-16-33)25-35(47)21-23-54(47)41(59)45(39(50)57,63-43(52)61)31-7-3-4-8-31)48-34-17-13-30(14-18-34)26-36(48)22-24-55(48)42(60)46(40(51)58,64-44(53)62)32-9-5-6-10-32/h11-20,31-32,35-36H,3-10,21-26H2,1-2H3,(H2,50,57)(H2,51,58)(H2,52,61)(H2,53,62)/t35?,36?,45-,46-,47?,48?/m0/s1. The van der Waals surface area contributed by atoms with Crippen LogP contribution >= 0.6 is 0 Å². The number of benzene rings is 3. The molecule has 64 heavy (non-hydrogen) atoms. The van der Waals surface area contributed by atoms with Gasteiger partial charge in [-0.2, -0.15) is 0 Å². The van der Waals surface area contributed by atoms with E-state index < -0.39 is 87.8 Å². The first-order valence-electron chi connectivity index (χ1n) is 22.5. The summed E-state index contributed by atoms with van der Waals surface area (Å²) in [4.78, 5) is 92.0. The van der Waals surface area contributed by atoms with Gasteiger partial charge in [0.15, 0.2) is 0 Å². The summed E-state index contributed by atoms with van der Waals surface area (Å²) in [5.74, 6) is -7.08. The van der Waals surface area contributed by atoms with Crippen molar-refractivity contribution in [2.24, 2.45) is 46.6 Å². The molecule has 6 amide bonds. The van der Waals surface area contributed by atoms with Crippen LogP contribution in [0, 0.1) is 43.3 Å². The molecule has 8 aliphatic rings. The summed E-state index contributed by atoms with van der Waals surface area (Å²) in [5, 5.41) is 0. The van der Waals surface area contributed by atoms with Gasteiger partial charge in [0.25, 0.3) is 34.8 Å². The molecule has 11 rings (SSSR count). The lowest BCUT2D eigenvalue weighted by Crippen LogP contribution is -2.76. The van der Waals surface area contributed by atoms with Crippen LogP contribution in [0.4, 0.5) is 19.7 Å². The fourth-order valence-electron chi connectivity index (χ4n) is 13.1. The largest absolute Gasteiger partial charge is 0.422 e. The average Bonchev–Trinajstić information content (AvgIpc) is 4.07. The number of amides is 6. The van der Waals surface area contributed by atoms with Gasteiger partial charge in [-0.05, 0) is 111 Å². The molecule has 8 N–H and O–H groups in total. The Morgan fingerprint density at radius 1 is 0.594 bits per heavy atom. The van der Waals surface area contributed by atoms with Crippen LogP contribution in [0.1, 0.15) is 97.6 Å². The summed E-state index contributed by atoms with van der Waals surface area (Å²) < 4.78 is 27.5. The van der Waals surface area contributed by atoms with Crippen molar-refractivity contribution in [2.75, 3.05) is 18.0 Å². The molecular weight excluding hydrogens is 822 g/mol. The van der Waals surface area contributed by atoms with E-state index in [9.17, 15) is 19.2 Å². The maximum atomic E-state index is 16.3. The predicted octanol–water partition coefficient (Wildman–Crippen LogP) is 4.78. The number of anilines is 1. The summed E-state index contributed by atoms with van der Waals surface area (Å²) in [6, 6.07) is 18.6. The fraction of sp³-hybridized carbons (Fsp3) is 0.500. The number of hydrogen-bond donors (Lipinski definition) is 4. The molecule has 2 saturated heterocycles. The molecular formula is C48H56FN7O8. The monoisotopic (exact) mass is 877 g/mol. The average molecular weight is 878 g/mol. The Hall–Kier alpha value is -6.19. The zero-order valence-corrected chi connectivity index (χ0v) is 36.3. The quantitative estimate of drug-likeness (QED) is 0.194. The number of rotatable bonds is 11. The second kappa shape index (κ2) is 15.5. The van der Waals surface area contributed by atoms with Gasteiger partial charge < -0.3 is 47.1 Å². The number of nitrogens with zero attached hydrogens (tertiary/aromatic N) is 3. The highest BCUT2D eigenvalue weighted by Gasteiger charge is 2.72. The summed E-state index contributed by atoms with van der Waals surface area (Å²) >= 11 is 0. The smallest absolute Gasteiger partial charge is 0.406 e. The van der Waals surface area contributed by atoms with Gasteiger partial charge in [0, 0.05) is 42.4 Å². The Labute approximate surface area is 370 Å². The Morgan fingerprint density at radius 3 is 1.34 bits per heavy atom. The molecule has 2 aliphatic heterocycles. The summed E-state index contributed by atoms with van der Waals surface area (Å²) in [5.41, 5.74) is 20.1. The fourth-order valence-corrected chi connectivity index (χ4v) is 13.1. The Bertz CT molecular complexity index is 2300. The van der Waals surface area contributed by atoms with Crippen LogP contribution in [-0.4, -0.2) is 69.9 Å². The van der Waals surface area contributed by atoms with E-state index in [1.165, 1.54) is 6.07 Å². The van der Waals surface area contributed by atoms with Crippen LogP contribution in [0.25, 0.3) is 0 Å². The zero-order chi connectivity index (χ0) is 45.5. The normalized spacial score (nSPS) is 26.6. The van der Waals surface area contributed by atoms with Crippen LogP contribution in [0.2, 0.25) is 0 Å². The van der Waals surface area contributed by atoms with Crippen molar-refractivity contribution in [1.82, 2.24) is 9.80 Å². The van der Waals surface area contributed by atoms with Gasteiger partial charge in [-0.25, -0.2) is 14.0 Å². The summed E-state index contributed by atoms with van der Waals surface area (Å²) in [6.45, 7) is 3.54. The molecule has 2 heterocycles. The van der Waals surface area contributed by atoms with Crippen molar-refractivity contribution in [2.45, 2.75) is 113 Å².